The van der Waals surface area contributed by atoms with Crippen LogP contribution in [0.25, 0.3) is 0 Å². The second-order valence-corrected chi connectivity index (χ2v) is 11.1. The molecule has 0 unspecified atom stereocenters. The van der Waals surface area contributed by atoms with E-state index in [1.54, 1.807) is 5.57 Å². The van der Waals surface area contributed by atoms with E-state index < -0.39 is 14.6 Å². The van der Waals surface area contributed by atoms with E-state index in [9.17, 15) is 8.42 Å². The molecule has 2 nitrogen and oxygen atoms in total. The van der Waals surface area contributed by atoms with Gasteiger partial charge in [-0.25, -0.2) is 8.42 Å². The summed E-state index contributed by atoms with van der Waals surface area (Å²) in [4.78, 5) is 0. The molecule has 0 aromatic heterocycles. The Morgan fingerprint density at radius 2 is 1.77 bits per heavy atom. The summed E-state index contributed by atoms with van der Waals surface area (Å²) in [5.41, 5.74) is 1.58. The highest BCUT2D eigenvalue weighted by atomic mass is 32.2. The van der Waals surface area contributed by atoms with Crippen molar-refractivity contribution in [2.75, 3.05) is 0 Å². The van der Waals surface area contributed by atoms with Gasteiger partial charge in [0, 0.05) is 0 Å². The first-order valence-electron chi connectivity index (χ1n) is 9.18. The van der Waals surface area contributed by atoms with E-state index in [1.807, 2.05) is 20.8 Å². The van der Waals surface area contributed by atoms with Gasteiger partial charge in [0.15, 0.2) is 9.84 Å². The number of rotatable bonds is 7. The molecule has 0 saturated heterocycles. The van der Waals surface area contributed by atoms with Gasteiger partial charge >= 0.3 is 0 Å². The number of allylic oxidation sites excluding steroid dienone is 2. The van der Waals surface area contributed by atoms with Gasteiger partial charge in [0.1, 0.15) is 0 Å². The third-order valence-corrected chi connectivity index (χ3v) is 8.84. The second kappa shape index (κ2) is 6.67. The molecule has 22 heavy (non-hydrogen) atoms. The minimum Gasteiger partial charge on any atom is -0.228 e. The molecule has 2 rings (SSSR count). The van der Waals surface area contributed by atoms with Gasteiger partial charge < -0.3 is 0 Å². The molecular formula is C19H34O2S. The Bertz CT molecular complexity index is 510. The van der Waals surface area contributed by atoms with Crippen LogP contribution in [-0.2, 0) is 9.84 Å². The van der Waals surface area contributed by atoms with Crippen molar-refractivity contribution in [2.45, 2.75) is 89.6 Å². The average molecular weight is 327 g/mol. The van der Waals surface area contributed by atoms with Crippen LogP contribution in [0.5, 0.6) is 0 Å². The highest BCUT2D eigenvalue weighted by Crippen LogP contribution is 2.54. The van der Waals surface area contributed by atoms with Crippen LogP contribution in [0.1, 0.15) is 79.6 Å². The lowest BCUT2D eigenvalue weighted by atomic mass is 9.82. The molecule has 1 fully saturated rings. The normalized spacial score (nSPS) is 31.6. The predicted octanol–water partition coefficient (Wildman–Crippen LogP) is 5.14. The molecular weight excluding hydrogens is 292 g/mol. The lowest BCUT2D eigenvalue weighted by Crippen LogP contribution is -2.44. The standard InChI is InChI=1S/C19H34O2S/c1-6-8-10-14-12-15-13-17(14)16(11-9-7-2)18(15)22(20,21)19(3,4)5/h12,15-18H,6-11,13H2,1-5H3/t15-,16-,17-,18-/m0/s1. The summed E-state index contributed by atoms with van der Waals surface area (Å²) in [6.07, 6.45) is 10.5. The van der Waals surface area contributed by atoms with E-state index in [0.717, 1.165) is 25.7 Å². The molecule has 0 heterocycles. The molecule has 0 spiro atoms. The minimum absolute atomic E-state index is 0.130. The maximum atomic E-state index is 13.1. The molecule has 2 bridgehead atoms. The van der Waals surface area contributed by atoms with Gasteiger partial charge in [-0.15, -0.1) is 0 Å². The monoisotopic (exact) mass is 326 g/mol. The zero-order chi connectivity index (χ0) is 16.5. The van der Waals surface area contributed by atoms with E-state index in [-0.39, 0.29) is 11.2 Å². The van der Waals surface area contributed by atoms with Gasteiger partial charge in [-0.1, -0.05) is 44.8 Å². The lowest BCUT2D eigenvalue weighted by molar-refractivity contribution is 0.372. The van der Waals surface area contributed by atoms with E-state index in [2.05, 4.69) is 19.9 Å². The first kappa shape index (κ1) is 18.0. The topological polar surface area (TPSA) is 34.1 Å². The Morgan fingerprint density at radius 1 is 1.14 bits per heavy atom. The van der Waals surface area contributed by atoms with Crippen LogP contribution in [0.15, 0.2) is 11.6 Å². The van der Waals surface area contributed by atoms with Gasteiger partial charge in [-0.3, -0.25) is 0 Å². The first-order valence-corrected chi connectivity index (χ1v) is 10.7. The van der Waals surface area contributed by atoms with E-state index in [0.29, 0.717) is 11.8 Å². The van der Waals surface area contributed by atoms with Crippen molar-refractivity contribution in [3.63, 3.8) is 0 Å². The van der Waals surface area contributed by atoms with Crippen LogP contribution in [0.3, 0.4) is 0 Å². The van der Waals surface area contributed by atoms with Crippen LogP contribution in [-0.4, -0.2) is 18.4 Å². The smallest absolute Gasteiger partial charge is 0.158 e. The zero-order valence-electron chi connectivity index (χ0n) is 15.1. The molecule has 0 N–H and O–H groups in total. The number of hydrogen-bond acceptors (Lipinski definition) is 2. The molecule has 0 radical (unpaired) electrons. The summed E-state index contributed by atoms with van der Waals surface area (Å²) in [5, 5.41) is -0.130. The van der Waals surface area contributed by atoms with E-state index >= 15 is 0 Å². The van der Waals surface area contributed by atoms with Crippen LogP contribution < -0.4 is 0 Å². The Labute approximate surface area is 137 Å². The third kappa shape index (κ3) is 3.16. The molecule has 0 amide bonds. The van der Waals surface area contributed by atoms with Crippen LogP contribution in [0.4, 0.5) is 0 Å². The number of sulfone groups is 1. The van der Waals surface area contributed by atoms with E-state index in [4.69, 9.17) is 0 Å². The third-order valence-electron chi connectivity index (χ3n) is 5.71. The molecule has 2 aliphatic rings. The van der Waals surface area contributed by atoms with Crippen molar-refractivity contribution in [3.8, 4) is 0 Å². The largest absolute Gasteiger partial charge is 0.228 e. The molecule has 1 saturated carbocycles. The Morgan fingerprint density at radius 3 is 2.32 bits per heavy atom. The highest BCUT2D eigenvalue weighted by molar-refractivity contribution is 7.93. The molecule has 0 aromatic rings. The van der Waals surface area contributed by atoms with Crippen LogP contribution in [0, 0.1) is 17.8 Å². The Kier molecular flexibility index (Phi) is 5.46. The van der Waals surface area contributed by atoms with Crippen molar-refractivity contribution in [1.29, 1.82) is 0 Å². The maximum absolute atomic E-state index is 13.1. The lowest BCUT2D eigenvalue weighted by Gasteiger charge is -2.35. The van der Waals surface area contributed by atoms with Gasteiger partial charge in [0.05, 0.1) is 10.00 Å². The fourth-order valence-electron chi connectivity index (χ4n) is 4.46. The average Bonchev–Trinajstić information content (AvgIpc) is 2.98. The highest BCUT2D eigenvalue weighted by Gasteiger charge is 2.55. The van der Waals surface area contributed by atoms with Crippen molar-refractivity contribution in [2.24, 2.45) is 17.8 Å². The number of hydrogen-bond donors (Lipinski definition) is 0. The fourth-order valence-corrected chi connectivity index (χ4v) is 6.71. The molecule has 3 heteroatoms. The van der Waals surface area contributed by atoms with Crippen LogP contribution >= 0.6 is 0 Å². The maximum Gasteiger partial charge on any atom is 0.158 e. The SMILES string of the molecule is CCCCC1=C[C@H]2C[C@@H]1[C@H](CCCC)[C@H]2S(=O)(=O)C(C)(C)C. The van der Waals surface area contributed by atoms with Crippen molar-refractivity contribution in [1.82, 2.24) is 0 Å². The van der Waals surface area contributed by atoms with Gasteiger partial charge in [-0.05, 0) is 64.2 Å². The predicted molar refractivity (Wildman–Crippen MR) is 94.7 cm³/mol. The number of unbranched alkanes of at least 4 members (excludes halogenated alkanes) is 2. The first-order chi connectivity index (χ1) is 10.2. The molecule has 128 valence electrons. The molecule has 0 aromatic carbocycles. The summed E-state index contributed by atoms with van der Waals surface area (Å²) in [5.74, 6) is 1.19. The summed E-state index contributed by atoms with van der Waals surface area (Å²) >= 11 is 0. The van der Waals surface area contributed by atoms with Crippen molar-refractivity contribution >= 4 is 9.84 Å². The fraction of sp³-hybridized carbons (Fsp3) is 0.895. The summed E-state index contributed by atoms with van der Waals surface area (Å²) in [6.45, 7) is 10.0. The van der Waals surface area contributed by atoms with Gasteiger partial charge in [0.25, 0.3) is 0 Å². The summed E-state index contributed by atoms with van der Waals surface area (Å²) in [7, 11) is -3.08. The minimum atomic E-state index is -3.08. The van der Waals surface area contributed by atoms with Gasteiger partial charge in [-0.2, -0.15) is 0 Å². The van der Waals surface area contributed by atoms with Crippen LogP contribution in [0.2, 0.25) is 0 Å². The zero-order valence-corrected chi connectivity index (χ0v) is 15.9. The number of fused-ring (bicyclic) bond motifs is 2. The molecule has 4 atom stereocenters. The molecule has 2 aliphatic carbocycles. The Balaban J connectivity index is 2.28. The van der Waals surface area contributed by atoms with Crippen molar-refractivity contribution < 1.29 is 8.42 Å². The molecule has 0 aliphatic heterocycles. The second-order valence-electron chi connectivity index (χ2n) is 8.28. The summed E-state index contributed by atoms with van der Waals surface area (Å²) < 4.78 is 25.6. The quantitative estimate of drug-likeness (QED) is 0.607. The van der Waals surface area contributed by atoms with Gasteiger partial charge in [0.2, 0.25) is 0 Å². The summed E-state index contributed by atoms with van der Waals surface area (Å²) in [6, 6.07) is 0. The Hall–Kier alpha value is -0.310. The van der Waals surface area contributed by atoms with E-state index in [1.165, 1.54) is 19.3 Å². The van der Waals surface area contributed by atoms with Crippen molar-refractivity contribution in [3.05, 3.63) is 11.6 Å².